The monoisotopic (exact) mass is 506 g/mol. The van der Waals surface area contributed by atoms with Crippen LogP contribution >= 0.6 is 34.4 Å². The molecule has 3 aliphatic rings. The van der Waals surface area contributed by atoms with Crippen LogP contribution in [0, 0.1) is 0 Å². The molecule has 0 aliphatic carbocycles. The molecule has 0 aromatic carbocycles. The number of hydrogen-bond acceptors (Lipinski definition) is 5. The third-order valence-electron chi connectivity index (χ3n) is 5.40. The number of rotatable bonds is 8. The molecule has 0 radical (unpaired) electrons. The van der Waals surface area contributed by atoms with Gasteiger partial charge in [-0.05, 0) is 18.9 Å². The van der Waals surface area contributed by atoms with E-state index in [-0.39, 0.29) is 27.8 Å². The van der Waals surface area contributed by atoms with Crippen molar-refractivity contribution >= 4 is 50.1 Å². The number of urea groups is 1. The maximum Gasteiger partial charge on any atom is 0.315 e. The van der Waals surface area contributed by atoms with Gasteiger partial charge in [0.15, 0.2) is 0 Å². The van der Waals surface area contributed by atoms with Gasteiger partial charge < -0.3 is 15.5 Å². The molecule has 3 saturated heterocycles. The molecule has 3 heterocycles. The number of halogens is 1. The van der Waals surface area contributed by atoms with Gasteiger partial charge in [-0.1, -0.05) is 12.5 Å². The van der Waals surface area contributed by atoms with E-state index in [9.17, 15) is 14.4 Å². The highest BCUT2D eigenvalue weighted by atomic mass is 127. The van der Waals surface area contributed by atoms with Crippen LogP contribution in [0.15, 0.2) is 12.2 Å². The van der Waals surface area contributed by atoms with Crippen LogP contribution in [-0.4, -0.2) is 81.3 Å². The van der Waals surface area contributed by atoms with Crippen LogP contribution in [0.4, 0.5) is 4.79 Å². The molecule has 3 fully saturated rings. The van der Waals surface area contributed by atoms with Gasteiger partial charge in [0.1, 0.15) is 0 Å². The van der Waals surface area contributed by atoms with Gasteiger partial charge in [0.25, 0.3) is 0 Å². The average molecular weight is 506 g/mol. The molecular formula is C18H27IN4O3S. The number of carbonyl (C=O) groups is 3. The van der Waals surface area contributed by atoms with Crippen LogP contribution < -0.4 is 10.6 Å². The minimum absolute atomic E-state index is 0.0407. The number of unbranched alkanes of at least 4 members (excludes halogenated alkanes) is 1. The highest BCUT2D eigenvalue weighted by molar-refractivity contribution is 14.1. The number of amides is 3. The topological polar surface area (TPSA) is 81.8 Å². The summed E-state index contributed by atoms with van der Waals surface area (Å²) in [6, 6.07) is 0.485. The van der Waals surface area contributed by atoms with Crippen molar-refractivity contribution in [2.45, 2.75) is 43.0 Å². The minimum Gasteiger partial charge on any atom is -0.340 e. The number of carbonyl (C=O) groups excluding carboxylic acids is 3. The summed E-state index contributed by atoms with van der Waals surface area (Å²) in [7, 11) is 0. The number of nitrogens with one attached hydrogen (secondary N) is 2. The van der Waals surface area contributed by atoms with Gasteiger partial charge in [-0.25, -0.2) is 4.79 Å². The predicted molar refractivity (Wildman–Crippen MR) is 115 cm³/mol. The number of nitrogens with zero attached hydrogens (tertiary/aromatic N) is 2. The first-order valence-corrected chi connectivity index (χ1v) is 11.7. The van der Waals surface area contributed by atoms with Gasteiger partial charge in [0, 0.05) is 72.7 Å². The number of fused-ring (bicyclic) bond motifs is 1. The van der Waals surface area contributed by atoms with Crippen molar-refractivity contribution in [3.63, 3.8) is 0 Å². The molecular weight excluding hydrogens is 479 g/mol. The molecule has 3 atom stereocenters. The predicted octanol–water partition coefficient (Wildman–Crippen LogP) is 1.37. The van der Waals surface area contributed by atoms with E-state index in [1.165, 1.54) is 0 Å². The molecule has 3 aliphatic heterocycles. The molecule has 150 valence electrons. The van der Waals surface area contributed by atoms with Gasteiger partial charge >= 0.3 is 6.03 Å². The second-order valence-electron chi connectivity index (χ2n) is 7.26. The lowest BCUT2D eigenvalue weighted by atomic mass is 10.0. The van der Waals surface area contributed by atoms with Crippen molar-refractivity contribution < 1.29 is 14.4 Å². The zero-order chi connectivity index (χ0) is 19.2. The van der Waals surface area contributed by atoms with Crippen molar-refractivity contribution in [2.24, 2.45) is 0 Å². The molecule has 3 unspecified atom stereocenters. The standard InChI is InChI=1S/C18H27IN4O3S/c19-15(24)5-3-7-22-8-10-23(11-9-22)16(25)6-2-1-4-14-17-13(12-27-14)20-18(26)21-17/h3,5,13-14,17H,1-2,4,6-12H2,(H2,20,21,26)/b5-3+. The summed E-state index contributed by atoms with van der Waals surface area (Å²) < 4.78 is 0.0412. The van der Waals surface area contributed by atoms with Crippen LogP contribution in [0.1, 0.15) is 25.7 Å². The van der Waals surface area contributed by atoms with Crippen molar-refractivity contribution in [2.75, 3.05) is 38.5 Å². The largest absolute Gasteiger partial charge is 0.340 e. The zero-order valence-electron chi connectivity index (χ0n) is 15.4. The van der Waals surface area contributed by atoms with E-state index >= 15 is 0 Å². The van der Waals surface area contributed by atoms with Crippen LogP contribution in [0.5, 0.6) is 0 Å². The lowest BCUT2D eigenvalue weighted by Crippen LogP contribution is -2.48. The molecule has 9 heteroatoms. The van der Waals surface area contributed by atoms with E-state index in [0.717, 1.165) is 57.7 Å². The van der Waals surface area contributed by atoms with Crippen molar-refractivity contribution in [1.29, 1.82) is 0 Å². The number of piperazine rings is 1. The first-order chi connectivity index (χ1) is 13.0. The van der Waals surface area contributed by atoms with Crippen LogP contribution in [0.2, 0.25) is 0 Å². The SMILES string of the molecule is O=C(I)/C=C/CN1CCN(C(=O)CCCCC2SCC3NC(=O)NC32)CC1. The van der Waals surface area contributed by atoms with Crippen LogP contribution in [-0.2, 0) is 9.59 Å². The molecule has 27 heavy (non-hydrogen) atoms. The Hall–Kier alpha value is -0.810. The van der Waals surface area contributed by atoms with E-state index in [1.54, 1.807) is 28.7 Å². The molecule has 2 N–H and O–H groups in total. The van der Waals surface area contributed by atoms with E-state index < -0.39 is 0 Å². The maximum atomic E-state index is 12.4. The first kappa shape index (κ1) is 20.9. The summed E-state index contributed by atoms with van der Waals surface area (Å²) in [6.45, 7) is 4.03. The summed E-state index contributed by atoms with van der Waals surface area (Å²) in [4.78, 5) is 38.9. The molecule has 0 bridgehead atoms. The number of allylic oxidation sites excluding steroid dienone is 1. The Morgan fingerprint density at radius 1 is 1.19 bits per heavy atom. The lowest BCUT2D eigenvalue weighted by Gasteiger charge is -2.34. The summed E-state index contributed by atoms with van der Waals surface area (Å²) >= 11 is 3.69. The maximum absolute atomic E-state index is 12.4. The van der Waals surface area contributed by atoms with Crippen LogP contribution in [0.3, 0.4) is 0 Å². The zero-order valence-corrected chi connectivity index (χ0v) is 18.3. The summed E-state index contributed by atoms with van der Waals surface area (Å²) in [6.07, 6.45) is 7.08. The number of hydrogen-bond donors (Lipinski definition) is 2. The van der Waals surface area contributed by atoms with Crippen molar-refractivity contribution in [1.82, 2.24) is 20.4 Å². The van der Waals surface area contributed by atoms with Gasteiger partial charge in [-0.2, -0.15) is 11.8 Å². The average Bonchev–Trinajstić information content (AvgIpc) is 3.18. The normalized spacial score (nSPS) is 28.3. The fourth-order valence-electron chi connectivity index (χ4n) is 3.90. The minimum atomic E-state index is -0.0407. The molecule has 0 aromatic rings. The molecule has 3 amide bonds. The Bertz CT molecular complexity index is 595. The Morgan fingerprint density at radius 3 is 2.70 bits per heavy atom. The molecule has 0 spiro atoms. The van der Waals surface area contributed by atoms with Gasteiger partial charge in [-0.3, -0.25) is 14.5 Å². The smallest absolute Gasteiger partial charge is 0.315 e. The second kappa shape index (κ2) is 10.1. The van der Waals surface area contributed by atoms with E-state index in [0.29, 0.717) is 11.7 Å². The molecule has 3 rings (SSSR count). The Labute approximate surface area is 178 Å². The van der Waals surface area contributed by atoms with Crippen LogP contribution in [0.25, 0.3) is 0 Å². The van der Waals surface area contributed by atoms with E-state index in [1.807, 2.05) is 22.7 Å². The highest BCUT2D eigenvalue weighted by Gasteiger charge is 2.42. The fraction of sp³-hybridized carbons (Fsp3) is 0.722. The van der Waals surface area contributed by atoms with Crippen molar-refractivity contribution in [3.8, 4) is 0 Å². The first-order valence-electron chi connectivity index (χ1n) is 9.57. The van der Waals surface area contributed by atoms with Crippen molar-refractivity contribution in [3.05, 3.63) is 12.2 Å². The summed E-state index contributed by atoms with van der Waals surface area (Å²) in [5, 5.41) is 6.45. The fourth-order valence-corrected chi connectivity index (χ4v) is 5.70. The third kappa shape index (κ3) is 6.08. The molecule has 0 saturated carbocycles. The van der Waals surface area contributed by atoms with E-state index in [2.05, 4.69) is 15.5 Å². The quantitative estimate of drug-likeness (QED) is 0.171. The Morgan fingerprint density at radius 2 is 1.96 bits per heavy atom. The number of thioether (sulfide) groups is 1. The summed E-state index contributed by atoms with van der Waals surface area (Å²) in [5.74, 6) is 1.23. The third-order valence-corrected chi connectivity index (χ3v) is 7.27. The Balaban J connectivity index is 1.28. The van der Waals surface area contributed by atoms with Gasteiger partial charge in [0.05, 0.1) is 12.1 Å². The van der Waals surface area contributed by atoms with Gasteiger partial charge in [0.2, 0.25) is 9.70 Å². The van der Waals surface area contributed by atoms with E-state index in [4.69, 9.17) is 0 Å². The second-order valence-corrected chi connectivity index (χ2v) is 9.59. The highest BCUT2D eigenvalue weighted by Crippen LogP contribution is 2.33. The molecule has 7 nitrogen and oxygen atoms in total. The Kier molecular flexibility index (Phi) is 7.83. The molecule has 0 aromatic heterocycles. The summed E-state index contributed by atoms with van der Waals surface area (Å²) in [5.41, 5.74) is 0. The van der Waals surface area contributed by atoms with Gasteiger partial charge in [-0.15, -0.1) is 0 Å². The lowest BCUT2D eigenvalue weighted by molar-refractivity contribution is -0.133.